The van der Waals surface area contributed by atoms with Gasteiger partial charge >= 0.3 is 0 Å². The number of morpholine rings is 1. The zero-order valence-corrected chi connectivity index (χ0v) is 10.7. The van der Waals surface area contributed by atoms with Gasteiger partial charge in [0.1, 0.15) is 0 Å². The molecule has 6 heteroatoms. The Morgan fingerprint density at radius 3 is 3.17 bits per heavy atom. The molecule has 2 atom stereocenters. The summed E-state index contributed by atoms with van der Waals surface area (Å²) in [6, 6.07) is 0.622. The highest BCUT2D eigenvalue weighted by atomic mass is 16.5. The number of fused-ring (bicyclic) bond motifs is 1. The van der Waals surface area contributed by atoms with Gasteiger partial charge in [-0.2, -0.15) is 0 Å². The molecule has 1 aromatic heterocycles. The van der Waals surface area contributed by atoms with Crippen LogP contribution in [0.4, 0.5) is 0 Å². The summed E-state index contributed by atoms with van der Waals surface area (Å²) >= 11 is 0. The average molecular weight is 251 g/mol. The van der Waals surface area contributed by atoms with Crippen LogP contribution in [0.3, 0.4) is 0 Å². The van der Waals surface area contributed by atoms with Gasteiger partial charge in [0.05, 0.1) is 24.9 Å². The molecule has 100 valence electrons. The van der Waals surface area contributed by atoms with Crippen molar-refractivity contribution in [3.8, 4) is 0 Å². The summed E-state index contributed by atoms with van der Waals surface area (Å²) in [5, 5.41) is 8.10. The summed E-state index contributed by atoms with van der Waals surface area (Å²) in [6.45, 7) is 4.28. The van der Waals surface area contributed by atoms with E-state index < -0.39 is 0 Å². The maximum atomic E-state index is 5.81. The minimum Gasteiger partial charge on any atom is -0.375 e. The monoisotopic (exact) mass is 251 g/mol. The van der Waals surface area contributed by atoms with Gasteiger partial charge in [-0.25, -0.2) is 0 Å². The van der Waals surface area contributed by atoms with Gasteiger partial charge in [0, 0.05) is 31.9 Å². The van der Waals surface area contributed by atoms with Gasteiger partial charge in [0.15, 0.2) is 0 Å². The van der Waals surface area contributed by atoms with Gasteiger partial charge < -0.3 is 10.5 Å². The fourth-order valence-corrected chi connectivity index (χ4v) is 3.06. The Morgan fingerprint density at radius 2 is 2.33 bits per heavy atom. The average Bonchev–Trinajstić information content (AvgIpc) is 3.05. The zero-order chi connectivity index (χ0) is 12.4. The topological polar surface area (TPSA) is 69.2 Å². The van der Waals surface area contributed by atoms with Crippen LogP contribution in [0.25, 0.3) is 0 Å². The first-order valence-corrected chi connectivity index (χ1v) is 6.81. The third-order valence-corrected chi connectivity index (χ3v) is 4.01. The molecule has 1 saturated heterocycles. The molecule has 2 N–H and O–H groups in total. The standard InChI is InChI=1S/C12H21N5O/c13-8-10-9-17(15-14-10)5-4-16-6-7-18-12-3-1-2-11(12)16/h9,11-12H,1-8,13H2. The minimum absolute atomic E-state index is 0.461. The number of ether oxygens (including phenoxy) is 1. The van der Waals surface area contributed by atoms with Crippen molar-refractivity contribution < 1.29 is 4.74 Å². The Labute approximate surface area is 107 Å². The summed E-state index contributed by atoms with van der Waals surface area (Å²) in [5.74, 6) is 0. The first-order valence-electron chi connectivity index (χ1n) is 6.81. The van der Waals surface area contributed by atoms with Crippen LogP contribution in [0.2, 0.25) is 0 Å². The molecule has 2 fully saturated rings. The van der Waals surface area contributed by atoms with Crippen LogP contribution in [0.5, 0.6) is 0 Å². The molecule has 1 saturated carbocycles. The molecule has 0 bridgehead atoms. The van der Waals surface area contributed by atoms with Crippen molar-refractivity contribution in [1.82, 2.24) is 19.9 Å². The second kappa shape index (κ2) is 5.34. The van der Waals surface area contributed by atoms with Gasteiger partial charge in [0.2, 0.25) is 0 Å². The van der Waals surface area contributed by atoms with Crippen molar-refractivity contribution >= 4 is 0 Å². The molecule has 6 nitrogen and oxygen atoms in total. The Hall–Kier alpha value is -0.980. The highest BCUT2D eigenvalue weighted by molar-refractivity contribution is 4.91. The van der Waals surface area contributed by atoms with Crippen LogP contribution in [0.1, 0.15) is 25.0 Å². The van der Waals surface area contributed by atoms with Gasteiger partial charge in [-0.05, 0) is 19.3 Å². The zero-order valence-electron chi connectivity index (χ0n) is 10.7. The minimum atomic E-state index is 0.461. The highest BCUT2D eigenvalue weighted by Crippen LogP contribution is 2.29. The first-order chi connectivity index (χ1) is 8.86. The SMILES string of the molecule is NCc1cn(CCN2CCOC3CCCC32)nn1. The van der Waals surface area contributed by atoms with E-state index in [1.165, 1.54) is 19.3 Å². The van der Waals surface area contributed by atoms with E-state index in [4.69, 9.17) is 10.5 Å². The summed E-state index contributed by atoms with van der Waals surface area (Å²) in [7, 11) is 0. The lowest BCUT2D eigenvalue weighted by Crippen LogP contribution is -2.49. The molecule has 0 spiro atoms. The number of hydrogen-bond acceptors (Lipinski definition) is 5. The van der Waals surface area contributed by atoms with Crippen LogP contribution in [0.15, 0.2) is 6.20 Å². The molecule has 2 unspecified atom stereocenters. The van der Waals surface area contributed by atoms with Crippen LogP contribution in [-0.2, 0) is 17.8 Å². The molecule has 0 amide bonds. The Bertz CT molecular complexity index is 394. The largest absolute Gasteiger partial charge is 0.375 e. The molecule has 0 aromatic carbocycles. The molecule has 3 rings (SSSR count). The number of nitrogens with zero attached hydrogens (tertiary/aromatic N) is 4. The second-order valence-electron chi connectivity index (χ2n) is 5.12. The molecule has 2 aliphatic rings. The quantitative estimate of drug-likeness (QED) is 0.815. The van der Waals surface area contributed by atoms with Crippen LogP contribution in [0, 0.1) is 0 Å². The lowest BCUT2D eigenvalue weighted by atomic mass is 10.1. The molecule has 1 aromatic rings. The summed E-state index contributed by atoms with van der Waals surface area (Å²) in [5.41, 5.74) is 6.39. The molecule has 18 heavy (non-hydrogen) atoms. The van der Waals surface area contributed by atoms with Gasteiger partial charge in [-0.15, -0.1) is 5.10 Å². The lowest BCUT2D eigenvalue weighted by Gasteiger charge is -2.37. The third-order valence-electron chi connectivity index (χ3n) is 4.01. The molecular formula is C12H21N5O. The van der Waals surface area contributed by atoms with Crippen molar-refractivity contribution in [2.45, 2.75) is 44.5 Å². The van der Waals surface area contributed by atoms with Crippen molar-refractivity contribution in [2.75, 3.05) is 19.7 Å². The van der Waals surface area contributed by atoms with Crippen molar-refractivity contribution in [3.05, 3.63) is 11.9 Å². The fourth-order valence-electron chi connectivity index (χ4n) is 3.06. The maximum absolute atomic E-state index is 5.81. The van der Waals surface area contributed by atoms with E-state index >= 15 is 0 Å². The third kappa shape index (κ3) is 2.41. The maximum Gasteiger partial charge on any atom is 0.0962 e. The van der Waals surface area contributed by atoms with Gasteiger partial charge in [-0.1, -0.05) is 5.21 Å². The van der Waals surface area contributed by atoms with E-state index in [0.717, 1.165) is 31.9 Å². The lowest BCUT2D eigenvalue weighted by molar-refractivity contribution is -0.0566. The Kier molecular flexibility index (Phi) is 3.58. The predicted molar refractivity (Wildman–Crippen MR) is 66.9 cm³/mol. The summed E-state index contributed by atoms with van der Waals surface area (Å²) in [6.07, 6.45) is 6.20. The van der Waals surface area contributed by atoms with Gasteiger partial charge in [0.25, 0.3) is 0 Å². The second-order valence-corrected chi connectivity index (χ2v) is 5.12. The van der Waals surface area contributed by atoms with Crippen molar-refractivity contribution in [1.29, 1.82) is 0 Å². The smallest absolute Gasteiger partial charge is 0.0962 e. The predicted octanol–water partition coefficient (Wildman–Crippen LogP) is -0.00990. The molecule has 1 aliphatic carbocycles. The van der Waals surface area contributed by atoms with E-state index in [1.54, 1.807) is 0 Å². The van der Waals surface area contributed by atoms with E-state index in [-0.39, 0.29) is 0 Å². The fraction of sp³-hybridized carbons (Fsp3) is 0.833. The number of nitrogens with two attached hydrogens (primary N) is 1. The van der Waals surface area contributed by atoms with E-state index in [0.29, 0.717) is 18.7 Å². The van der Waals surface area contributed by atoms with E-state index in [1.807, 2.05) is 10.9 Å². The molecule has 0 radical (unpaired) electrons. The highest BCUT2D eigenvalue weighted by Gasteiger charge is 2.35. The molecule has 2 heterocycles. The van der Waals surface area contributed by atoms with Gasteiger partial charge in [-0.3, -0.25) is 9.58 Å². The normalized spacial score (nSPS) is 28.5. The van der Waals surface area contributed by atoms with Crippen LogP contribution >= 0.6 is 0 Å². The number of hydrogen-bond donors (Lipinski definition) is 1. The van der Waals surface area contributed by atoms with Crippen LogP contribution < -0.4 is 5.73 Å². The van der Waals surface area contributed by atoms with E-state index in [9.17, 15) is 0 Å². The van der Waals surface area contributed by atoms with E-state index in [2.05, 4.69) is 15.2 Å². The number of rotatable bonds is 4. The summed E-state index contributed by atoms with van der Waals surface area (Å²) in [4.78, 5) is 2.55. The number of aromatic nitrogens is 3. The molecular weight excluding hydrogens is 230 g/mol. The Morgan fingerprint density at radius 1 is 1.39 bits per heavy atom. The van der Waals surface area contributed by atoms with Crippen molar-refractivity contribution in [3.63, 3.8) is 0 Å². The summed E-state index contributed by atoms with van der Waals surface area (Å²) < 4.78 is 7.70. The Balaban J connectivity index is 1.55. The van der Waals surface area contributed by atoms with Crippen molar-refractivity contribution in [2.24, 2.45) is 5.73 Å². The first kappa shape index (κ1) is 12.1. The van der Waals surface area contributed by atoms with Crippen LogP contribution in [-0.4, -0.2) is 51.7 Å². The molecule has 1 aliphatic heterocycles.